The summed E-state index contributed by atoms with van der Waals surface area (Å²) in [5.74, 6) is -2.73. The van der Waals surface area contributed by atoms with Crippen molar-refractivity contribution in [1.29, 1.82) is 0 Å². The first-order valence-electron chi connectivity index (χ1n) is 7.91. The zero-order valence-corrected chi connectivity index (χ0v) is 14.8. The number of amides is 1. The Labute approximate surface area is 156 Å². The van der Waals surface area contributed by atoms with Crippen molar-refractivity contribution in [2.75, 3.05) is 6.54 Å². The van der Waals surface area contributed by atoms with Gasteiger partial charge in [-0.25, -0.2) is 4.79 Å². The predicted molar refractivity (Wildman–Crippen MR) is 91.4 cm³/mol. The van der Waals surface area contributed by atoms with Crippen molar-refractivity contribution in [2.24, 2.45) is 0 Å². The van der Waals surface area contributed by atoms with Gasteiger partial charge in [0, 0.05) is 18.9 Å². The van der Waals surface area contributed by atoms with E-state index >= 15 is 0 Å². The van der Waals surface area contributed by atoms with Gasteiger partial charge >= 0.3 is 12.1 Å². The van der Waals surface area contributed by atoms with Crippen LogP contribution in [-0.4, -0.2) is 56.8 Å². The molecule has 2 N–H and O–H groups in total. The summed E-state index contributed by atoms with van der Waals surface area (Å²) in [6, 6.07) is 7.42. The van der Waals surface area contributed by atoms with Gasteiger partial charge in [0.2, 0.25) is 0 Å². The number of pyridine rings is 1. The fourth-order valence-corrected chi connectivity index (χ4v) is 3.32. The third kappa shape index (κ3) is 5.76. The first kappa shape index (κ1) is 20.8. The molecule has 2 aromatic rings. The zero-order valence-electron chi connectivity index (χ0n) is 14.0. The molecule has 146 valence electrons. The Kier molecular flexibility index (Phi) is 6.92. The third-order valence-corrected chi connectivity index (χ3v) is 4.80. The van der Waals surface area contributed by atoms with E-state index in [1.165, 1.54) is 11.3 Å². The van der Waals surface area contributed by atoms with E-state index in [2.05, 4.69) is 4.98 Å². The molecule has 1 amide bonds. The summed E-state index contributed by atoms with van der Waals surface area (Å²) >= 11 is 1.44. The second-order valence-corrected chi connectivity index (χ2v) is 6.71. The number of nitrogens with zero attached hydrogens (tertiary/aromatic N) is 2. The fraction of sp³-hybridized carbons (Fsp3) is 0.353. The van der Waals surface area contributed by atoms with Crippen LogP contribution in [0.1, 0.15) is 21.7 Å². The number of rotatable bonds is 3. The number of carboxylic acids is 1. The number of aliphatic carboxylic acids is 1. The maximum atomic E-state index is 12.5. The molecule has 3 heterocycles. The summed E-state index contributed by atoms with van der Waals surface area (Å²) in [6.07, 6.45) is -0.746. The van der Waals surface area contributed by atoms with Crippen molar-refractivity contribution in [2.45, 2.75) is 31.2 Å². The first-order valence-corrected chi connectivity index (χ1v) is 8.79. The van der Waals surface area contributed by atoms with E-state index in [9.17, 15) is 23.1 Å². The average molecular weight is 402 g/mol. The lowest BCUT2D eigenvalue weighted by Gasteiger charge is -2.26. The second-order valence-electron chi connectivity index (χ2n) is 5.76. The highest BCUT2D eigenvalue weighted by Gasteiger charge is 2.38. The van der Waals surface area contributed by atoms with Crippen molar-refractivity contribution in [3.05, 3.63) is 52.5 Å². The van der Waals surface area contributed by atoms with Gasteiger partial charge in [0.1, 0.15) is 0 Å². The normalized spacial score (nSPS) is 19.3. The summed E-state index contributed by atoms with van der Waals surface area (Å²) in [5.41, 5.74) is 1.09. The molecule has 0 radical (unpaired) electrons. The number of carbonyl (C=O) groups is 2. The van der Waals surface area contributed by atoms with Crippen LogP contribution >= 0.6 is 11.3 Å². The number of aliphatic hydroxyl groups excluding tert-OH is 1. The van der Waals surface area contributed by atoms with Crippen LogP contribution in [0, 0.1) is 0 Å². The maximum Gasteiger partial charge on any atom is 0.490 e. The maximum absolute atomic E-state index is 12.5. The molecule has 0 unspecified atom stereocenters. The van der Waals surface area contributed by atoms with Gasteiger partial charge in [-0.1, -0.05) is 6.07 Å². The van der Waals surface area contributed by atoms with Gasteiger partial charge in [0.25, 0.3) is 5.91 Å². The Morgan fingerprint density at radius 2 is 1.89 bits per heavy atom. The van der Waals surface area contributed by atoms with Crippen LogP contribution in [0.25, 0.3) is 0 Å². The molecule has 10 heteroatoms. The monoisotopic (exact) mass is 402 g/mol. The molecule has 1 saturated heterocycles. The van der Waals surface area contributed by atoms with Crippen LogP contribution < -0.4 is 0 Å². The fourth-order valence-electron chi connectivity index (χ4n) is 2.64. The Morgan fingerprint density at radius 1 is 1.26 bits per heavy atom. The Morgan fingerprint density at radius 3 is 2.41 bits per heavy atom. The summed E-state index contributed by atoms with van der Waals surface area (Å²) in [4.78, 5) is 27.9. The smallest absolute Gasteiger partial charge is 0.475 e. The lowest BCUT2D eigenvalue weighted by molar-refractivity contribution is -0.192. The quantitative estimate of drug-likeness (QED) is 0.824. The molecule has 2 aromatic heterocycles. The molecular formula is C17H17F3N2O4S. The molecule has 1 fully saturated rings. The van der Waals surface area contributed by atoms with Crippen molar-refractivity contribution in [3.63, 3.8) is 0 Å². The molecule has 0 saturated carbocycles. The van der Waals surface area contributed by atoms with E-state index in [4.69, 9.17) is 9.90 Å². The molecule has 1 aliphatic rings. The molecule has 27 heavy (non-hydrogen) atoms. The van der Waals surface area contributed by atoms with Crippen molar-refractivity contribution < 1.29 is 33.0 Å². The number of alkyl halides is 3. The third-order valence-electron chi connectivity index (χ3n) is 3.94. The highest BCUT2D eigenvalue weighted by Crippen LogP contribution is 2.25. The van der Waals surface area contributed by atoms with Gasteiger partial charge in [-0.15, -0.1) is 11.3 Å². The average Bonchev–Trinajstić information content (AvgIpc) is 3.26. The van der Waals surface area contributed by atoms with Crippen molar-refractivity contribution >= 4 is 23.2 Å². The lowest BCUT2D eigenvalue weighted by Crippen LogP contribution is -2.40. The van der Waals surface area contributed by atoms with E-state index in [0.29, 0.717) is 19.4 Å². The van der Waals surface area contributed by atoms with E-state index < -0.39 is 18.2 Å². The van der Waals surface area contributed by atoms with Crippen LogP contribution in [0.15, 0.2) is 42.0 Å². The second kappa shape index (κ2) is 8.96. The number of thiophene rings is 1. The van der Waals surface area contributed by atoms with Gasteiger partial charge in [0.05, 0.1) is 17.0 Å². The highest BCUT2D eigenvalue weighted by atomic mass is 32.1. The molecule has 1 aliphatic heterocycles. The van der Waals surface area contributed by atoms with E-state index in [1.54, 1.807) is 17.3 Å². The van der Waals surface area contributed by atoms with Gasteiger partial charge in [-0.05, 0) is 42.0 Å². The van der Waals surface area contributed by atoms with Crippen LogP contribution in [-0.2, 0) is 11.2 Å². The van der Waals surface area contributed by atoms with E-state index in [0.717, 1.165) is 10.4 Å². The molecule has 0 spiro atoms. The summed E-state index contributed by atoms with van der Waals surface area (Å²) < 4.78 is 31.7. The summed E-state index contributed by atoms with van der Waals surface area (Å²) in [6.45, 7) is 0.619. The zero-order chi connectivity index (χ0) is 20.0. The number of hydrogen-bond acceptors (Lipinski definition) is 5. The van der Waals surface area contributed by atoms with Gasteiger partial charge in [-0.2, -0.15) is 13.2 Å². The first-order chi connectivity index (χ1) is 12.7. The standard InChI is InChI=1S/C15H16N2O2S.C2HF3O2/c18-13-5-8-17(15(19)14-2-1-9-20-14)12(13)10-11-3-6-16-7-4-11;3-2(4,5)1(6)7/h1-4,6-7,9,12-13,18H,5,8,10H2;(H,6,7)/t12-,13+;/m0./s1. The molecule has 0 bridgehead atoms. The number of likely N-dealkylation sites (tertiary alicyclic amines) is 1. The molecule has 2 atom stereocenters. The lowest BCUT2D eigenvalue weighted by atomic mass is 10.0. The molecular weight excluding hydrogens is 385 g/mol. The minimum atomic E-state index is -5.08. The van der Waals surface area contributed by atoms with Gasteiger partial charge < -0.3 is 15.1 Å². The Bertz CT molecular complexity index is 753. The molecule has 3 rings (SSSR count). The minimum Gasteiger partial charge on any atom is -0.475 e. The van der Waals surface area contributed by atoms with E-state index in [-0.39, 0.29) is 11.9 Å². The Hall–Kier alpha value is -2.46. The van der Waals surface area contributed by atoms with Crippen LogP contribution in [0.3, 0.4) is 0 Å². The van der Waals surface area contributed by atoms with Crippen molar-refractivity contribution in [1.82, 2.24) is 9.88 Å². The molecule has 0 aromatic carbocycles. The predicted octanol–water partition coefficient (Wildman–Crippen LogP) is 2.59. The largest absolute Gasteiger partial charge is 0.490 e. The number of aromatic nitrogens is 1. The van der Waals surface area contributed by atoms with Crippen molar-refractivity contribution in [3.8, 4) is 0 Å². The Balaban J connectivity index is 0.000000321. The highest BCUT2D eigenvalue weighted by molar-refractivity contribution is 7.12. The topological polar surface area (TPSA) is 90.7 Å². The van der Waals surface area contributed by atoms with Crippen LogP contribution in [0.2, 0.25) is 0 Å². The number of carboxylic acid groups (broad SMARTS) is 1. The SMILES string of the molecule is O=C(O)C(F)(F)F.O=C(c1cccs1)N1CC[C@@H](O)[C@@H]1Cc1ccncc1. The van der Waals surface area contributed by atoms with Crippen LogP contribution in [0.4, 0.5) is 13.2 Å². The number of carbonyl (C=O) groups excluding carboxylic acids is 1. The van der Waals surface area contributed by atoms with E-state index in [1.807, 2.05) is 29.6 Å². The van der Waals surface area contributed by atoms with Gasteiger partial charge in [0.15, 0.2) is 0 Å². The molecule has 0 aliphatic carbocycles. The van der Waals surface area contributed by atoms with Gasteiger partial charge in [-0.3, -0.25) is 9.78 Å². The molecule has 6 nitrogen and oxygen atoms in total. The number of aliphatic hydroxyl groups is 1. The van der Waals surface area contributed by atoms with Crippen LogP contribution in [0.5, 0.6) is 0 Å². The number of hydrogen-bond donors (Lipinski definition) is 2. The summed E-state index contributed by atoms with van der Waals surface area (Å²) in [7, 11) is 0. The minimum absolute atomic E-state index is 0.0237. The summed E-state index contributed by atoms with van der Waals surface area (Å²) in [5, 5.41) is 19.2. The number of halogens is 3.